The van der Waals surface area contributed by atoms with E-state index in [1.807, 2.05) is 20.8 Å². The van der Waals surface area contributed by atoms with Crippen LogP contribution in [-0.2, 0) is 15.4 Å². The molecular formula is C18H20N6O3S. The molecule has 0 saturated carbocycles. The Morgan fingerprint density at radius 3 is 2.18 bits per heavy atom. The maximum atomic E-state index is 12.4. The van der Waals surface area contributed by atoms with Gasteiger partial charge in [-0.05, 0) is 57.8 Å². The standard InChI is InChI=1S/C18H20N6O3S/c1-18(2,3)14-6-10-16(11-7-14)28(26,27)23-20-17(25)13-4-8-15(9-5-13)24-12-19-21-22-24/h4-12,23H,1-3H3,(H,20,25). The van der Waals surface area contributed by atoms with E-state index in [2.05, 4.69) is 25.8 Å². The number of hydrogen-bond donors (Lipinski definition) is 2. The monoisotopic (exact) mass is 400 g/mol. The van der Waals surface area contributed by atoms with Crippen molar-refractivity contribution in [1.29, 1.82) is 0 Å². The molecule has 28 heavy (non-hydrogen) atoms. The van der Waals surface area contributed by atoms with Crippen LogP contribution in [0.4, 0.5) is 0 Å². The fourth-order valence-corrected chi connectivity index (χ4v) is 3.26. The van der Waals surface area contributed by atoms with Gasteiger partial charge < -0.3 is 0 Å². The number of nitrogens with one attached hydrogen (secondary N) is 2. The highest BCUT2D eigenvalue weighted by molar-refractivity contribution is 7.89. The number of carbonyl (C=O) groups is 1. The third kappa shape index (κ3) is 4.41. The Kier molecular flexibility index (Phi) is 5.25. The molecule has 0 aliphatic carbocycles. The molecule has 0 saturated heterocycles. The molecule has 1 heterocycles. The molecule has 1 aromatic heterocycles. The lowest BCUT2D eigenvalue weighted by molar-refractivity contribution is 0.0945. The van der Waals surface area contributed by atoms with Gasteiger partial charge in [-0.1, -0.05) is 32.9 Å². The molecule has 3 rings (SSSR count). The Hall–Kier alpha value is -3.11. The summed E-state index contributed by atoms with van der Waals surface area (Å²) in [4.78, 5) is 14.4. The number of carbonyl (C=O) groups excluding carboxylic acids is 1. The molecule has 0 unspecified atom stereocenters. The molecule has 146 valence electrons. The first kappa shape index (κ1) is 19.6. The van der Waals surface area contributed by atoms with Crippen molar-refractivity contribution >= 4 is 15.9 Å². The fraction of sp³-hybridized carbons (Fsp3) is 0.222. The van der Waals surface area contributed by atoms with Gasteiger partial charge in [-0.25, -0.2) is 13.1 Å². The van der Waals surface area contributed by atoms with Gasteiger partial charge in [-0.2, -0.15) is 0 Å². The van der Waals surface area contributed by atoms with Crippen molar-refractivity contribution in [3.05, 3.63) is 66.0 Å². The number of sulfonamides is 1. The summed E-state index contributed by atoms with van der Waals surface area (Å²) < 4.78 is 26.2. The van der Waals surface area contributed by atoms with E-state index in [4.69, 9.17) is 0 Å². The van der Waals surface area contributed by atoms with E-state index in [0.29, 0.717) is 5.69 Å². The van der Waals surface area contributed by atoms with E-state index in [0.717, 1.165) is 5.56 Å². The average molecular weight is 400 g/mol. The van der Waals surface area contributed by atoms with Crippen LogP contribution in [0.5, 0.6) is 0 Å². The van der Waals surface area contributed by atoms with Crippen molar-refractivity contribution in [2.45, 2.75) is 31.1 Å². The molecule has 0 spiro atoms. The van der Waals surface area contributed by atoms with Crippen molar-refractivity contribution in [3.8, 4) is 5.69 Å². The molecule has 3 aromatic rings. The second kappa shape index (κ2) is 7.49. The fourth-order valence-electron chi connectivity index (χ4n) is 2.42. The highest BCUT2D eigenvalue weighted by atomic mass is 32.2. The van der Waals surface area contributed by atoms with Gasteiger partial charge in [0.05, 0.1) is 10.6 Å². The maximum Gasteiger partial charge on any atom is 0.266 e. The summed E-state index contributed by atoms with van der Waals surface area (Å²) in [5.74, 6) is -0.585. The number of hydrogen-bond acceptors (Lipinski definition) is 6. The van der Waals surface area contributed by atoms with Crippen LogP contribution in [0.2, 0.25) is 0 Å². The van der Waals surface area contributed by atoms with Crippen LogP contribution < -0.4 is 10.3 Å². The van der Waals surface area contributed by atoms with Crippen LogP contribution in [0.3, 0.4) is 0 Å². The molecule has 10 heteroatoms. The Bertz CT molecular complexity index is 1050. The molecule has 9 nitrogen and oxygen atoms in total. The van der Waals surface area contributed by atoms with E-state index in [9.17, 15) is 13.2 Å². The third-order valence-electron chi connectivity index (χ3n) is 4.07. The zero-order chi connectivity index (χ0) is 20.4. The van der Waals surface area contributed by atoms with Gasteiger partial charge >= 0.3 is 0 Å². The predicted molar refractivity (Wildman–Crippen MR) is 102 cm³/mol. The Morgan fingerprint density at radius 1 is 1.00 bits per heavy atom. The van der Waals surface area contributed by atoms with Gasteiger partial charge in [0.15, 0.2) is 0 Å². The zero-order valence-corrected chi connectivity index (χ0v) is 16.4. The number of aromatic nitrogens is 4. The number of hydrazine groups is 1. The van der Waals surface area contributed by atoms with Gasteiger partial charge in [0.2, 0.25) is 0 Å². The van der Waals surface area contributed by atoms with Crippen LogP contribution in [0, 0.1) is 0 Å². The van der Waals surface area contributed by atoms with Gasteiger partial charge in [0.1, 0.15) is 6.33 Å². The highest BCUT2D eigenvalue weighted by Crippen LogP contribution is 2.23. The molecule has 0 bridgehead atoms. The Labute approximate surface area is 162 Å². The van der Waals surface area contributed by atoms with E-state index in [1.165, 1.54) is 23.1 Å². The zero-order valence-electron chi connectivity index (χ0n) is 15.6. The average Bonchev–Trinajstić information content (AvgIpc) is 3.20. The summed E-state index contributed by atoms with van der Waals surface area (Å²) in [6.45, 7) is 6.12. The minimum absolute atomic E-state index is 0.0647. The summed E-state index contributed by atoms with van der Waals surface area (Å²) in [5.41, 5.74) is 4.09. The molecule has 1 amide bonds. The largest absolute Gasteiger partial charge is 0.273 e. The topological polar surface area (TPSA) is 119 Å². The molecule has 0 atom stereocenters. The lowest BCUT2D eigenvalue weighted by Gasteiger charge is -2.19. The lowest BCUT2D eigenvalue weighted by atomic mass is 9.87. The lowest BCUT2D eigenvalue weighted by Crippen LogP contribution is -2.41. The molecule has 0 aliphatic rings. The molecular weight excluding hydrogens is 380 g/mol. The van der Waals surface area contributed by atoms with Crippen molar-refractivity contribution in [1.82, 2.24) is 30.5 Å². The third-order valence-corrected chi connectivity index (χ3v) is 5.34. The quantitative estimate of drug-likeness (QED) is 0.628. The Balaban J connectivity index is 1.66. The van der Waals surface area contributed by atoms with Gasteiger partial charge in [0.25, 0.3) is 15.9 Å². The van der Waals surface area contributed by atoms with Crippen LogP contribution in [-0.4, -0.2) is 34.5 Å². The second-order valence-electron chi connectivity index (χ2n) is 7.14. The number of rotatable bonds is 5. The highest BCUT2D eigenvalue weighted by Gasteiger charge is 2.18. The molecule has 0 radical (unpaired) electrons. The smallest absolute Gasteiger partial charge is 0.266 e. The van der Waals surface area contributed by atoms with Gasteiger partial charge in [-0.3, -0.25) is 10.2 Å². The van der Waals surface area contributed by atoms with Crippen LogP contribution in [0.1, 0.15) is 36.7 Å². The number of nitrogens with zero attached hydrogens (tertiary/aromatic N) is 4. The first-order valence-electron chi connectivity index (χ1n) is 8.43. The van der Waals surface area contributed by atoms with Crippen molar-refractivity contribution in [3.63, 3.8) is 0 Å². The summed E-state index contributed by atoms with van der Waals surface area (Å²) in [6.07, 6.45) is 1.42. The normalized spacial score (nSPS) is 12.0. The number of tetrazole rings is 1. The van der Waals surface area contributed by atoms with Crippen molar-refractivity contribution in [2.24, 2.45) is 0 Å². The first-order valence-corrected chi connectivity index (χ1v) is 9.91. The van der Waals surface area contributed by atoms with Crippen LogP contribution in [0.25, 0.3) is 5.69 Å². The van der Waals surface area contributed by atoms with E-state index < -0.39 is 15.9 Å². The van der Waals surface area contributed by atoms with Crippen LogP contribution >= 0.6 is 0 Å². The molecule has 0 fully saturated rings. The second-order valence-corrected chi connectivity index (χ2v) is 8.82. The summed E-state index contributed by atoms with van der Waals surface area (Å²) in [6, 6.07) is 12.9. The maximum absolute atomic E-state index is 12.4. The minimum Gasteiger partial charge on any atom is -0.273 e. The first-order chi connectivity index (χ1) is 13.2. The predicted octanol–water partition coefficient (Wildman–Crippen LogP) is 1.58. The van der Waals surface area contributed by atoms with E-state index in [1.54, 1.807) is 36.4 Å². The van der Waals surface area contributed by atoms with Crippen LogP contribution in [0.15, 0.2) is 59.8 Å². The SMILES string of the molecule is CC(C)(C)c1ccc(S(=O)(=O)NNC(=O)c2ccc(-n3cnnn3)cc2)cc1. The van der Waals surface area contributed by atoms with E-state index in [-0.39, 0.29) is 15.9 Å². The number of amides is 1. The van der Waals surface area contributed by atoms with E-state index >= 15 is 0 Å². The number of benzene rings is 2. The summed E-state index contributed by atoms with van der Waals surface area (Å²) >= 11 is 0. The van der Waals surface area contributed by atoms with Gasteiger partial charge in [-0.15, -0.1) is 9.93 Å². The molecule has 2 aromatic carbocycles. The van der Waals surface area contributed by atoms with Gasteiger partial charge in [0, 0.05) is 5.56 Å². The molecule has 2 N–H and O–H groups in total. The molecule has 0 aliphatic heterocycles. The Morgan fingerprint density at radius 2 is 1.64 bits per heavy atom. The van der Waals surface area contributed by atoms with Crippen molar-refractivity contribution in [2.75, 3.05) is 0 Å². The summed E-state index contributed by atoms with van der Waals surface area (Å²) in [7, 11) is -3.88. The van der Waals surface area contributed by atoms with Crippen molar-refractivity contribution < 1.29 is 13.2 Å². The summed E-state index contributed by atoms with van der Waals surface area (Å²) in [5, 5.41) is 10.8. The minimum atomic E-state index is -3.88.